The number of anilines is 1. The van der Waals surface area contributed by atoms with Crippen LogP contribution in [0.15, 0.2) is 41.6 Å². The fraction of sp³-hybridized carbons (Fsp3) is 0.333. The van der Waals surface area contributed by atoms with E-state index in [0.717, 1.165) is 36.5 Å². The Morgan fingerprint density at radius 3 is 2.56 bits per heavy atom. The number of thioether (sulfide) groups is 1. The number of rotatable bonds is 10. The molecule has 0 atom stereocenters. The largest absolute Gasteiger partial charge is 0.497 e. The third-order valence-electron chi connectivity index (χ3n) is 5.30. The fourth-order valence-corrected chi connectivity index (χ4v) is 4.28. The summed E-state index contributed by atoms with van der Waals surface area (Å²) in [4.78, 5) is 24.8. The van der Waals surface area contributed by atoms with Gasteiger partial charge < -0.3 is 24.1 Å². The van der Waals surface area contributed by atoms with Crippen molar-refractivity contribution in [3.8, 4) is 28.6 Å². The fourth-order valence-electron chi connectivity index (χ4n) is 3.52. The molecule has 178 valence electrons. The lowest BCUT2D eigenvalue weighted by Gasteiger charge is -2.12. The van der Waals surface area contributed by atoms with Crippen LogP contribution < -0.4 is 19.5 Å². The number of aromatic nitrogens is 3. The number of benzene rings is 2. The Labute approximate surface area is 201 Å². The Balaban J connectivity index is 1.49. The van der Waals surface area contributed by atoms with Crippen LogP contribution in [0.5, 0.6) is 17.2 Å². The molecule has 1 amide bonds. The molecule has 0 saturated carbocycles. The van der Waals surface area contributed by atoms with Gasteiger partial charge >= 0.3 is 0 Å². The van der Waals surface area contributed by atoms with E-state index in [0.29, 0.717) is 27.9 Å². The number of hydrogen-bond donors (Lipinski definition) is 1. The number of ketones is 1. The molecule has 2 heterocycles. The third kappa shape index (κ3) is 5.17. The van der Waals surface area contributed by atoms with E-state index < -0.39 is 0 Å². The van der Waals surface area contributed by atoms with Gasteiger partial charge in [0.2, 0.25) is 12.7 Å². The highest BCUT2D eigenvalue weighted by Gasteiger charge is 2.21. The molecule has 0 radical (unpaired) electrons. The van der Waals surface area contributed by atoms with Gasteiger partial charge in [0.1, 0.15) is 5.75 Å². The quantitative estimate of drug-likeness (QED) is 0.335. The van der Waals surface area contributed by atoms with Gasteiger partial charge in [-0.05, 0) is 43.7 Å². The SMILES string of the molecule is CCCCn1c(SCC(=O)Nc2cc3c(cc2C(C)=O)OCO3)nnc1-c1ccc(OC)cc1. The van der Waals surface area contributed by atoms with Crippen LogP contribution >= 0.6 is 11.8 Å². The van der Waals surface area contributed by atoms with Crippen molar-refractivity contribution < 1.29 is 23.8 Å². The minimum Gasteiger partial charge on any atom is -0.497 e. The second-order valence-corrected chi connectivity index (χ2v) is 8.63. The highest BCUT2D eigenvalue weighted by Crippen LogP contribution is 2.37. The molecule has 10 heteroatoms. The summed E-state index contributed by atoms with van der Waals surface area (Å²) in [5.74, 6) is 2.17. The molecule has 34 heavy (non-hydrogen) atoms. The van der Waals surface area contributed by atoms with Gasteiger partial charge in [0.15, 0.2) is 28.3 Å². The lowest BCUT2D eigenvalue weighted by Crippen LogP contribution is -2.16. The Hall–Kier alpha value is -3.53. The van der Waals surface area contributed by atoms with Crippen LogP contribution in [-0.2, 0) is 11.3 Å². The van der Waals surface area contributed by atoms with Gasteiger partial charge in [-0.1, -0.05) is 25.1 Å². The Morgan fingerprint density at radius 1 is 1.15 bits per heavy atom. The molecular formula is C24H26N4O5S. The number of carbonyl (C=O) groups excluding carboxylic acids is 2. The van der Waals surface area contributed by atoms with E-state index in [1.807, 2.05) is 28.8 Å². The van der Waals surface area contributed by atoms with Crippen molar-refractivity contribution >= 4 is 29.1 Å². The molecular weight excluding hydrogens is 456 g/mol. The summed E-state index contributed by atoms with van der Waals surface area (Å²) in [7, 11) is 1.63. The molecule has 0 aliphatic carbocycles. The van der Waals surface area contributed by atoms with Crippen molar-refractivity contribution in [1.82, 2.24) is 14.8 Å². The van der Waals surface area contributed by atoms with E-state index in [9.17, 15) is 9.59 Å². The number of nitrogens with zero attached hydrogens (tertiary/aromatic N) is 3. The smallest absolute Gasteiger partial charge is 0.234 e. The first-order valence-electron chi connectivity index (χ1n) is 10.9. The Morgan fingerprint density at radius 2 is 1.88 bits per heavy atom. The number of hydrogen-bond acceptors (Lipinski definition) is 8. The van der Waals surface area contributed by atoms with E-state index in [1.54, 1.807) is 19.2 Å². The van der Waals surface area contributed by atoms with Gasteiger partial charge in [-0.15, -0.1) is 10.2 Å². The van der Waals surface area contributed by atoms with Crippen molar-refractivity contribution in [1.29, 1.82) is 0 Å². The molecule has 9 nitrogen and oxygen atoms in total. The maximum absolute atomic E-state index is 12.7. The van der Waals surface area contributed by atoms with Crippen molar-refractivity contribution in [3.63, 3.8) is 0 Å². The van der Waals surface area contributed by atoms with Crippen LogP contribution in [-0.4, -0.2) is 46.1 Å². The number of Topliss-reactive ketones (excluding diaryl/α,β-unsaturated/α-hetero) is 1. The zero-order valence-corrected chi connectivity index (χ0v) is 20.1. The monoisotopic (exact) mass is 482 g/mol. The van der Waals surface area contributed by atoms with Crippen LogP contribution in [0.3, 0.4) is 0 Å². The van der Waals surface area contributed by atoms with Crippen LogP contribution in [0.4, 0.5) is 5.69 Å². The zero-order chi connectivity index (χ0) is 24.1. The summed E-state index contributed by atoms with van der Waals surface area (Å²) in [6.07, 6.45) is 1.98. The zero-order valence-electron chi connectivity index (χ0n) is 19.3. The van der Waals surface area contributed by atoms with E-state index in [4.69, 9.17) is 14.2 Å². The van der Waals surface area contributed by atoms with Crippen molar-refractivity contribution in [2.45, 2.75) is 38.4 Å². The van der Waals surface area contributed by atoms with Crippen molar-refractivity contribution in [2.24, 2.45) is 0 Å². The second kappa shape index (κ2) is 10.6. The summed E-state index contributed by atoms with van der Waals surface area (Å²) in [6, 6.07) is 10.9. The minimum absolute atomic E-state index is 0.0872. The van der Waals surface area contributed by atoms with Crippen molar-refractivity contribution in [3.05, 3.63) is 42.0 Å². The molecule has 4 rings (SSSR count). The summed E-state index contributed by atoms with van der Waals surface area (Å²) in [5, 5.41) is 12.2. The maximum atomic E-state index is 12.7. The van der Waals surface area contributed by atoms with Crippen LogP contribution in [0.25, 0.3) is 11.4 Å². The number of fused-ring (bicyclic) bond motifs is 1. The van der Waals surface area contributed by atoms with Gasteiger partial charge in [-0.2, -0.15) is 0 Å². The van der Waals surface area contributed by atoms with Crippen LogP contribution in [0, 0.1) is 0 Å². The summed E-state index contributed by atoms with van der Waals surface area (Å²) >= 11 is 1.30. The topological polar surface area (TPSA) is 105 Å². The highest BCUT2D eigenvalue weighted by molar-refractivity contribution is 7.99. The van der Waals surface area contributed by atoms with Crippen molar-refractivity contribution in [2.75, 3.05) is 25.0 Å². The minimum atomic E-state index is -0.262. The van der Waals surface area contributed by atoms with E-state index >= 15 is 0 Å². The standard InChI is InChI=1S/C24H26N4O5S/c1-4-5-10-28-23(16-6-8-17(31-3)9-7-16)26-27-24(28)34-13-22(30)25-19-12-21-20(32-14-33-21)11-18(19)15(2)29/h6-9,11-12H,4-5,10,13-14H2,1-3H3,(H,25,30). The Kier molecular flexibility index (Phi) is 7.36. The van der Waals surface area contributed by atoms with Gasteiger partial charge in [-0.25, -0.2) is 0 Å². The Bertz CT molecular complexity index is 1190. The summed E-state index contributed by atoms with van der Waals surface area (Å²) < 4.78 is 18.0. The molecule has 0 bridgehead atoms. The molecule has 1 aromatic heterocycles. The predicted molar refractivity (Wildman–Crippen MR) is 129 cm³/mol. The first kappa shape index (κ1) is 23.6. The highest BCUT2D eigenvalue weighted by atomic mass is 32.2. The third-order valence-corrected chi connectivity index (χ3v) is 6.27. The summed E-state index contributed by atoms with van der Waals surface area (Å²) in [6.45, 7) is 4.39. The molecule has 1 N–H and O–H groups in total. The predicted octanol–water partition coefficient (Wildman–Crippen LogP) is 4.42. The number of amides is 1. The molecule has 2 aromatic carbocycles. The lowest BCUT2D eigenvalue weighted by molar-refractivity contribution is -0.113. The van der Waals surface area contributed by atoms with Crippen LogP contribution in [0.1, 0.15) is 37.0 Å². The molecule has 0 unspecified atom stereocenters. The number of unbranched alkanes of at least 4 members (excludes halogenated alkanes) is 1. The van der Waals surface area contributed by atoms with E-state index in [-0.39, 0.29) is 24.2 Å². The van der Waals surface area contributed by atoms with Gasteiger partial charge in [0.05, 0.1) is 18.6 Å². The average Bonchev–Trinajstić information content (AvgIpc) is 3.47. The van der Waals surface area contributed by atoms with Gasteiger partial charge in [-0.3, -0.25) is 9.59 Å². The number of nitrogens with one attached hydrogen (secondary N) is 1. The number of carbonyl (C=O) groups is 2. The van der Waals surface area contributed by atoms with Crippen LogP contribution in [0.2, 0.25) is 0 Å². The molecule has 1 aliphatic rings. The molecule has 3 aromatic rings. The number of methoxy groups -OCH3 is 1. The second-order valence-electron chi connectivity index (χ2n) is 7.68. The first-order valence-corrected chi connectivity index (χ1v) is 11.9. The molecule has 0 saturated heterocycles. The molecule has 0 spiro atoms. The maximum Gasteiger partial charge on any atom is 0.234 e. The normalized spacial score (nSPS) is 12.0. The van der Waals surface area contributed by atoms with Gasteiger partial charge in [0.25, 0.3) is 0 Å². The number of ether oxygens (including phenoxy) is 3. The van der Waals surface area contributed by atoms with Gasteiger partial charge in [0, 0.05) is 23.7 Å². The summed E-state index contributed by atoms with van der Waals surface area (Å²) in [5.41, 5.74) is 1.69. The van der Waals surface area contributed by atoms with E-state index in [2.05, 4.69) is 22.4 Å². The first-order chi connectivity index (χ1) is 16.5. The molecule has 1 aliphatic heterocycles. The molecule has 0 fully saturated rings. The average molecular weight is 483 g/mol. The lowest BCUT2D eigenvalue weighted by atomic mass is 10.1. The van der Waals surface area contributed by atoms with E-state index in [1.165, 1.54) is 18.7 Å².